The lowest BCUT2D eigenvalue weighted by molar-refractivity contribution is 0.0526. The summed E-state index contributed by atoms with van der Waals surface area (Å²) >= 11 is 0. The molecule has 0 saturated carbocycles. The standard InChI is InChI=1S/C26H27NO4/c1-4-31-26(28)20-10-12-23(13-11-20)27-18-22(14-19-8-6-5-7-9-19)21-15-24(29-2)17-25(16-21)30-3/h5-17,27H,4,18H2,1-3H3/b22-14-. The molecule has 0 bridgehead atoms. The van der Waals surface area contributed by atoms with Crippen LogP contribution in [0.3, 0.4) is 0 Å². The third-order valence-corrected chi connectivity index (χ3v) is 4.74. The van der Waals surface area contributed by atoms with Gasteiger partial charge in [-0.15, -0.1) is 0 Å². The SMILES string of the molecule is CCOC(=O)c1ccc(NC/C(=C/c2ccccc2)c2cc(OC)cc(OC)c2)cc1. The van der Waals surface area contributed by atoms with Crippen molar-refractivity contribution in [2.75, 3.05) is 32.7 Å². The smallest absolute Gasteiger partial charge is 0.338 e. The Kier molecular flexibility index (Phi) is 7.71. The molecule has 0 amide bonds. The van der Waals surface area contributed by atoms with Crippen molar-refractivity contribution in [1.29, 1.82) is 0 Å². The van der Waals surface area contributed by atoms with Crippen molar-refractivity contribution in [2.24, 2.45) is 0 Å². The van der Waals surface area contributed by atoms with Crippen LogP contribution in [0.2, 0.25) is 0 Å². The van der Waals surface area contributed by atoms with E-state index < -0.39 is 0 Å². The van der Waals surface area contributed by atoms with Crippen molar-refractivity contribution in [3.05, 3.63) is 89.5 Å². The normalized spacial score (nSPS) is 11.0. The number of methoxy groups -OCH3 is 2. The Labute approximate surface area is 183 Å². The van der Waals surface area contributed by atoms with Gasteiger partial charge in [0.25, 0.3) is 0 Å². The third-order valence-electron chi connectivity index (χ3n) is 4.74. The highest BCUT2D eigenvalue weighted by Gasteiger charge is 2.09. The van der Waals surface area contributed by atoms with Crippen LogP contribution >= 0.6 is 0 Å². The summed E-state index contributed by atoms with van der Waals surface area (Å²) in [6.07, 6.45) is 2.13. The molecule has 0 atom stereocenters. The van der Waals surface area contributed by atoms with E-state index in [-0.39, 0.29) is 5.97 Å². The minimum absolute atomic E-state index is 0.317. The molecule has 0 aliphatic heterocycles. The molecule has 0 saturated heterocycles. The molecule has 3 rings (SSSR count). The zero-order chi connectivity index (χ0) is 22.1. The molecule has 31 heavy (non-hydrogen) atoms. The summed E-state index contributed by atoms with van der Waals surface area (Å²) in [5.74, 6) is 1.14. The van der Waals surface area contributed by atoms with Crippen LogP contribution in [0.1, 0.15) is 28.4 Å². The van der Waals surface area contributed by atoms with Crippen LogP contribution in [0, 0.1) is 0 Å². The Morgan fingerprint density at radius 3 is 2.10 bits per heavy atom. The van der Waals surface area contributed by atoms with Gasteiger partial charge in [0.2, 0.25) is 0 Å². The second-order valence-electron chi connectivity index (χ2n) is 6.83. The van der Waals surface area contributed by atoms with E-state index in [2.05, 4.69) is 23.5 Å². The Hall–Kier alpha value is -3.73. The lowest BCUT2D eigenvalue weighted by Crippen LogP contribution is -2.07. The van der Waals surface area contributed by atoms with Crippen LogP contribution in [0.5, 0.6) is 11.5 Å². The predicted molar refractivity (Wildman–Crippen MR) is 125 cm³/mol. The summed E-state index contributed by atoms with van der Waals surface area (Å²) in [5, 5.41) is 3.43. The fraction of sp³-hybridized carbons (Fsp3) is 0.192. The van der Waals surface area contributed by atoms with Crippen LogP contribution in [0.15, 0.2) is 72.8 Å². The van der Waals surface area contributed by atoms with Gasteiger partial charge in [-0.3, -0.25) is 0 Å². The van der Waals surface area contributed by atoms with Gasteiger partial charge in [0.1, 0.15) is 11.5 Å². The summed E-state index contributed by atoms with van der Waals surface area (Å²) in [5.41, 5.74) is 4.60. The Morgan fingerprint density at radius 2 is 1.52 bits per heavy atom. The van der Waals surface area contributed by atoms with Gasteiger partial charge < -0.3 is 19.5 Å². The summed E-state index contributed by atoms with van der Waals surface area (Å²) in [4.78, 5) is 11.9. The molecule has 3 aromatic rings. The van der Waals surface area contributed by atoms with Crippen LogP contribution in [0.25, 0.3) is 11.6 Å². The second kappa shape index (κ2) is 10.9. The van der Waals surface area contributed by atoms with Gasteiger partial charge in [-0.25, -0.2) is 4.79 Å². The highest BCUT2D eigenvalue weighted by molar-refractivity contribution is 5.90. The van der Waals surface area contributed by atoms with E-state index in [1.807, 2.05) is 48.5 Å². The molecule has 0 aliphatic carbocycles. The highest BCUT2D eigenvalue weighted by Crippen LogP contribution is 2.28. The number of rotatable bonds is 9. The number of benzene rings is 3. The first-order valence-corrected chi connectivity index (χ1v) is 10.1. The predicted octanol–water partition coefficient (Wildman–Crippen LogP) is 5.53. The first-order chi connectivity index (χ1) is 15.1. The molecule has 160 valence electrons. The number of ether oxygens (including phenoxy) is 3. The topological polar surface area (TPSA) is 56.8 Å². The van der Waals surface area contributed by atoms with Crippen molar-refractivity contribution < 1.29 is 19.0 Å². The van der Waals surface area contributed by atoms with E-state index in [9.17, 15) is 4.79 Å². The quantitative estimate of drug-likeness (QED) is 0.366. The fourth-order valence-corrected chi connectivity index (χ4v) is 3.12. The molecule has 3 aromatic carbocycles. The van der Waals surface area contributed by atoms with Crippen LogP contribution < -0.4 is 14.8 Å². The number of hydrogen-bond donors (Lipinski definition) is 1. The van der Waals surface area contributed by atoms with Crippen molar-refractivity contribution in [3.63, 3.8) is 0 Å². The highest BCUT2D eigenvalue weighted by atomic mass is 16.5. The molecule has 0 fully saturated rings. The fourth-order valence-electron chi connectivity index (χ4n) is 3.12. The number of esters is 1. The zero-order valence-electron chi connectivity index (χ0n) is 18.1. The second-order valence-corrected chi connectivity index (χ2v) is 6.83. The van der Waals surface area contributed by atoms with Gasteiger partial charge in [0, 0.05) is 18.3 Å². The van der Waals surface area contributed by atoms with Crippen molar-refractivity contribution in [3.8, 4) is 11.5 Å². The van der Waals surface area contributed by atoms with Crippen LogP contribution in [-0.2, 0) is 4.74 Å². The largest absolute Gasteiger partial charge is 0.497 e. The minimum Gasteiger partial charge on any atom is -0.497 e. The monoisotopic (exact) mass is 417 g/mol. The summed E-state index contributed by atoms with van der Waals surface area (Å²) in [6.45, 7) is 2.72. The lowest BCUT2D eigenvalue weighted by atomic mass is 10.0. The van der Waals surface area contributed by atoms with Crippen molar-refractivity contribution >= 4 is 23.3 Å². The van der Waals surface area contributed by atoms with Gasteiger partial charge in [-0.2, -0.15) is 0 Å². The molecule has 0 aromatic heterocycles. The van der Waals surface area contributed by atoms with Gasteiger partial charge >= 0.3 is 5.97 Å². The molecule has 0 radical (unpaired) electrons. The van der Waals surface area contributed by atoms with E-state index >= 15 is 0 Å². The van der Waals surface area contributed by atoms with Crippen LogP contribution in [-0.4, -0.2) is 33.3 Å². The molecule has 0 unspecified atom stereocenters. The van der Waals surface area contributed by atoms with E-state index in [1.165, 1.54) is 0 Å². The first kappa shape index (κ1) is 22.0. The summed E-state index contributed by atoms with van der Waals surface area (Å²) in [6, 6.07) is 23.2. The lowest BCUT2D eigenvalue weighted by Gasteiger charge is -2.14. The van der Waals surface area contributed by atoms with Crippen molar-refractivity contribution in [2.45, 2.75) is 6.92 Å². The van der Waals surface area contributed by atoms with Gasteiger partial charge in [0.15, 0.2) is 0 Å². The maximum Gasteiger partial charge on any atom is 0.338 e. The molecule has 0 spiro atoms. The number of hydrogen-bond acceptors (Lipinski definition) is 5. The molecule has 1 N–H and O–H groups in total. The van der Waals surface area contributed by atoms with E-state index in [0.29, 0.717) is 18.7 Å². The third kappa shape index (κ3) is 6.12. The van der Waals surface area contributed by atoms with Gasteiger partial charge in [-0.1, -0.05) is 30.3 Å². The number of carbonyl (C=O) groups is 1. The Bertz CT molecular complexity index is 1000. The zero-order valence-corrected chi connectivity index (χ0v) is 18.1. The first-order valence-electron chi connectivity index (χ1n) is 10.1. The maximum atomic E-state index is 11.9. The molecule has 5 heteroatoms. The van der Waals surface area contributed by atoms with Gasteiger partial charge in [0.05, 0.1) is 26.4 Å². The molecule has 0 aliphatic rings. The minimum atomic E-state index is -0.317. The Morgan fingerprint density at radius 1 is 0.871 bits per heavy atom. The summed E-state index contributed by atoms with van der Waals surface area (Å²) in [7, 11) is 3.28. The maximum absolute atomic E-state index is 11.9. The van der Waals surface area contributed by atoms with Gasteiger partial charge in [-0.05, 0) is 66.1 Å². The number of nitrogens with one attached hydrogen (secondary N) is 1. The molecule has 0 heterocycles. The van der Waals surface area contributed by atoms with E-state index in [4.69, 9.17) is 14.2 Å². The van der Waals surface area contributed by atoms with E-state index in [0.717, 1.165) is 33.9 Å². The average molecular weight is 418 g/mol. The average Bonchev–Trinajstić information content (AvgIpc) is 2.82. The van der Waals surface area contributed by atoms with Crippen molar-refractivity contribution in [1.82, 2.24) is 0 Å². The number of anilines is 1. The number of carbonyl (C=O) groups excluding carboxylic acids is 1. The molecule has 5 nitrogen and oxygen atoms in total. The Balaban J connectivity index is 1.86. The molecular formula is C26H27NO4. The van der Waals surface area contributed by atoms with Crippen LogP contribution in [0.4, 0.5) is 5.69 Å². The van der Waals surface area contributed by atoms with E-state index in [1.54, 1.807) is 33.3 Å². The molecular weight excluding hydrogens is 390 g/mol. The summed E-state index contributed by atoms with van der Waals surface area (Å²) < 4.78 is 15.9.